The average Bonchev–Trinajstić information content (AvgIpc) is 2.56. The molecule has 2 aromatic rings. The highest BCUT2D eigenvalue weighted by Crippen LogP contribution is 2.32. The molecule has 0 spiro atoms. The highest BCUT2D eigenvalue weighted by Gasteiger charge is 2.25. The Morgan fingerprint density at radius 2 is 2.09 bits per heavy atom. The molecule has 0 aliphatic carbocycles. The summed E-state index contributed by atoms with van der Waals surface area (Å²) in [6, 6.07) is 6.60. The van der Waals surface area contributed by atoms with Gasteiger partial charge in [-0.1, -0.05) is 11.6 Å². The van der Waals surface area contributed by atoms with E-state index in [4.69, 9.17) is 16.7 Å². The fourth-order valence-corrected chi connectivity index (χ4v) is 3.05. The number of carbonyl (C=O) groups is 1. The van der Waals surface area contributed by atoms with E-state index in [9.17, 15) is 4.79 Å². The van der Waals surface area contributed by atoms with Crippen LogP contribution < -0.4 is 10.2 Å². The normalized spacial score (nSPS) is 17.8. The van der Waals surface area contributed by atoms with E-state index < -0.39 is 5.97 Å². The lowest BCUT2D eigenvalue weighted by Crippen LogP contribution is -2.45. The summed E-state index contributed by atoms with van der Waals surface area (Å²) in [7, 11) is 0. The second-order valence-corrected chi connectivity index (χ2v) is 5.80. The van der Waals surface area contributed by atoms with E-state index in [0.29, 0.717) is 11.0 Å². The number of rotatable bonds is 4. The molecule has 0 bridgehead atoms. The van der Waals surface area contributed by atoms with Crippen molar-refractivity contribution in [3.05, 3.63) is 47.2 Å². The van der Waals surface area contributed by atoms with Gasteiger partial charge in [0.1, 0.15) is 6.17 Å². The van der Waals surface area contributed by atoms with E-state index >= 15 is 0 Å². The Morgan fingerprint density at radius 3 is 2.78 bits per heavy atom. The van der Waals surface area contributed by atoms with Crippen molar-refractivity contribution in [3.8, 4) is 0 Å². The Labute approximate surface area is 139 Å². The summed E-state index contributed by atoms with van der Waals surface area (Å²) >= 11 is 6.31. The Bertz CT molecular complexity index is 696. The summed E-state index contributed by atoms with van der Waals surface area (Å²) < 4.78 is 0. The van der Waals surface area contributed by atoms with Gasteiger partial charge >= 0.3 is 5.97 Å². The minimum atomic E-state index is -0.982. The molecule has 1 atom stereocenters. The summed E-state index contributed by atoms with van der Waals surface area (Å²) in [5.41, 5.74) is 1.01. The zero-order valence-corrected chi connectivity index (χ0v) is 13.2. The lowest BCUT2D eigenvalue weighted by Gasteiger charge is -2.38. The van der Waals surface area contributed by atoms with Gasteiger partial charge in [-0.2, -0.15) is 0 Å². The van der Waals surface area contributed by atoms with Gasteiger partial charge in [0.05, 0.1) is 16.3 Å². The topological polar surface area (TPSA) is 78.4 Å². The maximum Gasteiger partial charge on any atom is 0.335 e. The SMILES string of the molecule is O=C(O)c1ccc(N2CCCC[C@H]2Nc2ncccn2)c(Cl)c1. The first-order valence-corrected chi connectivity index (χ1v) is 7.86. The third kappa shape index (κ3) is 3.53. The van der Waals surface area contributed by atoms with Crippen LogP contribution in [0.4, 0.5) is 11.6 Å². The largest absolute Gasteiger partial charge is 0.478 e. The number of carboxylic acid groups (broad SMARTS) is 1. The number of halogens is 1. The van der Waals surface area contributed by atoms with Crippen molar-refractivity contribution in [1.82, 2.24) is 9.97 Å². The fraction of sp³-hybridized carbons (Fsp3) is 0.312. The molecule has 0 unspecified atom stereocenters. The van der Waals surface area contributed by atoms with Crippen molar-refractivity contribution in [2.45, 2.75) is 25.4 Å². The highest BCUT2D eigenvalue weighted by atomic mass is 35.5. The number of anilines is 2. The summed E-state index contributed by atoms with van der Waals surface area (Å²) in [5, 5.41) is 12.8. The second-order valence-electron chi connectivity index (χ2n) is 5.39. The van der Waals surface area contributed by atoms with Crippen LogP contribution in [-0.2, 0) is 0 Å². The van der Waals surface area contributed by atoms with Crippen LogP contribution in [0.25, 0.3) is 0 Å². The van der Waals surface area contributed by atoms with E-state index in [1.54, 1.807) is 30.6 Å². The van der Waals surface area contributed by atoms with Crippen LogP contribution >= 0.6 is 11.6 Å². The maximum atomic E-state index is 11.0. The van der Waals surface area contributed by atoms with Gasteiger partial charge in [-0.3, -0.25) is 0 Å². The molecule has 1 aromatic heterocycles. The molecule has 23 heavy (non-hydrogen) atoms. The molecule has 1 saturated heterocycles. The van der Waals surface area contributed by atoms with Gasteiger partial charge in [-0.25, -0.2) is 14.8 Å². The van der Waals surface area contributed by atoms with Crippen molar-refractivity contribution in [2.75, 3.05) is 16.8 Å². The smallest absolute Gasteiger partial charge is 0.335 e. The van der Waals surface area contributed by atoms with Gasteiger partial charge < -0.3 is 15.3 Å². The Morgan fingerprint density at radius 1 is 1.30 bits per heavy atom. The van der Waals surface area contributed by atoms with Crippen LogP contribution in [0, 0.1) is 0 Å². The predicted octanol–water partition coefficient (Wildman–Crippen LogP) is 3.26. The molecule has 1 aliphatic heterocycles. The van der Waals surface area contributed by atoms with Crippen molar-refractivity contribution in [1.29, 1.82) is 0 Å². The summed E-state index contributed by atoms with van der Waals surface area (Å²) in [6.45, 7) is 0.844. The molecule has 1 aliphatic rings. The van der Waals surface area contributed by atoms with E-state index in [1.807, 2.05) is 0 Å². The fourth-order valence-electron chi connectivity index (χ4n) is 2.77. The Hall–Kier alpha value is -2.34. The standard InChI is InChI=1S/C16H17ClN4O2/c17-12-10-11(15(22)23)5-6-13(12)21-9-2-1-4-14(21)20-16-18-7-3-8-19-16/h3,5-8,10,14H,1-2,4,9H2,(H,22,23)(H,18,19,20)/t14-/m0/s1. The zero-order chi connectivity index (χ0) is 16.2. The highest BCUT2D eigenvalue weighted by molar-refractivity contribution is 6.33. The molecule has 2 N–H and O–H groups in total. The Kier molecular flexibility index (Phi) is 4.62. The van der Waals surface area contributed by atoms with E-state index in [-0.39, 0.29) is 11.7 Å². The third-order valence-corrected chi connectivity index (χ3v) is 4.17. The molecular formula is C16H17ClN4O2. The summed E-state index contributed by atoms with van der Waals surface area (Å²) in [6.07, 6.45) is 6.51. The van der Waals surface area contributed by atoms with Crippen molar-refractivity contribution < 1.29 is 9.90 Å². The van der Waals surface area contributed by atoms with Gasteiger partial charge in [0.2, 0.25) is 5.95 Å². The maximum absolute atomic E-state index is 11.0. The van der Waals surface area contributed by atoms with Gasteiger partial charge in [0.25, 0.3) is 0 Å². The van der Waals surface area contributed by atoms with E-state index in [0.717, 1.165) is 31.5 Å². The molecule has 0 amide bonds. The van der Waals surface area contributed by atoms with Crippen LogP contribution in [-0.4, -0.2) is 33.8 Å². The van der Waals surface area contributed by atoms with Gasteiger partial charge in [-0.15, -0.1) is 0 Å². The predicted molar refractivity (Wildman–Crippen MR) is 89.1 cm³/mol. The molecule has 120 valence electrons. The van der Waals surface area contributed by atoms with Crippen LogP contribution in [0.2, 0.25) is 5.02 Å². The first-order valence-electron chi connectivity index (χ1n) is 7.48. The first kappa shape index (κ1) is 15.6. The number of aromatic carboxylic acids is 1. The number of piperidine rings is 1. The number of nitrogens with zero attached hydrogens (tertiary/aromatic N) is 3. The molecular weight excluding hydrogens is 316 g/mol. The number of hydrogen-bond acceptors (Lipinski definition) is 5. The quantitative estimate of drug-likeness (QED) is 0.894. The molecule has 0 radical (unpaired) electrons. The lowest BCUT2D eigenvalue weighted by atomic mass is 10.1. The van der Waals surface area contributed by atoms with Crippen LogP contribution in [0.1, 0.15) is 29.6 Å². The molecule has 1 fully saturated rings. The number of hydrogen-bond donors (Lipinski definition) is 2. The van der Waals surface area contributed by atoms with Gasteiger partial charge in [-0.05, 0) is 43.5 Å². The summed E-state index contributed by atoms with van der Waals surface area (Å²) in [5.74, 6) is -0.410. The lowest BCUT2D eigenvalue weighted by molar-refractivity contribution is 0.0697. The van der Waals surface area contributed by atoms with E-state index in [2.05, 4.69) is 20.2 Å². The van der Waals surface area contributed by atoms with Crippen LogP contribution in [0.5, 0.6) is 0 Å². The van der Waals surface area contributed by atoms with Crippen molar-refractivity contribution >= 4 is 29.2 Å². The van der Waals surface area contributed by atoms with Crippen molar-refractivity contribution in [3.63, 3.8) is 0 Å². The molecule has 2 heterocycles. The van der Waals surface area contributed by atoms with Gasteiger partial charge in [0, 0.05) is 18.9 Å². The number of carboxylic acids is 1. The molecule has 6 nitrogen and oxygen atoms in total. The first-order chi connectivity index (χ1) is 11.1. The minimum absolute atomic E-state index is 0.0272. The second kappa shape index (κ2) is 6.83. The van der Waals surface area contributed by atoms with Crippen molar-refractivity contribution in [2.24, 2.45) is 0 Å². The van der Waals surface area contributed by atoms with Crippen LogP contribution in [0.3, 0.4) is 0 Å². The van der Waals surface area contributed by atoms with Gasteiger partial charge in [0.15, 0.2) is 0 Å². The minimum Gasteiger partial charge on any atom is -0.478 e. The zero-order valence-electron chi connectivity index (χ0n) is 12.4. The van der Waals surface area contributed by atoms with E-state index in [1.165, 1.54) is 6.07 Å². The number of aromatic nitrogens is 2. The average molecular weight is 333 g/mol. The molecule has 3 rings (SSSR count). The third-order valence-electron chi connectivity index (χ3n) is 3.87. The molecule has 7 heteroatoms. The monoisotopic (exact) mass is 332 g/mol. The van der Waals surface area contributed by atoms with Crippen LogP contribution in [0.15, 0.2) is 36.7 Å². The molecule has 1 aromatic carbocycles. The number of benzene rings is 1. The number of nitrogens with one attached hydrogen (secondary N) is 1. The summed E-state index contributed by atoms with van der Waals surface area (Å²) in [4.78, 5) is 21.6. The molecule has 0 saturated carbocycles. The Balaban J connectivity index is 1.85.